The summed E-state index contributed by atoms with van der Waals surface area (Å²) in [7, 11) is -1.34. The Kier molecular flexibility index (Phi) is 6.00. The van der Waals surface area contributed by atoms with Gasteiger partial charge >= 0.3 is 0 Å². The first-order valence-corrected chi connectivity index (χ1v) is 10.6. The van der Waals surface area contributed by atoms with E-state index >= 15 is 0 Å². The van der Waals surface area contributed by atoms with Crippen LogP contribution in [0.15, 0.2) is 46.2 Å². The van der Waals surface area contributed by atoms with Crippen molar-refractivity contribution >= 4 is 28.0 Å². The maximum atomic E-state index is 12.3. The molecule has 0 fully saturated rings. The minimum atomic E-state index is -1.34. The Labute approximate surface area is 158 Å². The van der Waals surface area contributed by atoms with Crippen LogP contribution < -0.4 is 5.32 Å². The first kappa shape index (κ1) is 18.5. The first-order chi connectivity index (χ1) is 12.5. The van der Waals surface area contributed by atoms with E-state index in [2.05, 4.69) is 10.3 Å². The molecule has 0 aliphatic carbocycles. The molecule has 0 saturated carbocycles. The monoisotopic (exact) mass is 388 g/mol. The summed E-state index contributed by atoms with van der Waals surface area (Å²) in [6.07, 6.45) is 0. The average molecular weight is 389 g/mol. The molecule has 0 radical (unpaired) electrons. The summed E-state index contributed by atoms with van der Waals surface area (Å²) in [4.78, 5) is 17.5. The molecular weight excluding hydrogens is 368 g/mol. The van der Waals surface area contributed by atoms with Gasteiger partial charge in [0.1, 0.15) is 11.5 Å². The predicted octanol–water partition coefficient (Wildman–Crippen LogP) is 3.59. The molecule has 1 N–H and O–H groups in total. The van der Waals surface area contributed by atoms with Crippen LogP contribution in [0.3, 0.4) is 0 Å². The number of rotatable bonds is 7. The number of carbonyl (C=O) groups excluding carboxylic acids is 1. The number of nitrogens with one attached hydrogen (secondary N) is 1. The van der Waals surface area contributed by atoms with Crippen molar-refractivity contribution in [1.82, 2.24) is 10.3 Å². The summed E-state index contributed by atoms with van der Waals surface area (Å²) >= 11 is 1.58. The van der Waals surface area contributed by atoms with Gasteiger partial charge in [0, 0.05) is 21.2 Å². The van der Waals surface area contributed by atoms with E-state index in [-0.39, 0.29) is 17.4 Å². The molecule has 1 atom stereocenters. The summed E-state index contributed by atoms with van der Waals surface area (Å²) < 4.78 is 18.0. The molecular formula is C19H20N2O3S2. The highest BCUT2D eigenvalue weighted by molar-refractivity contribution is 7.84. The highest BCUT2D eigenvalue weighted by Gasteiger charge is 2.16. The predicted molar refractivity (Wildman–Crippen MR) is 104 cm³/mol. The summed E-state index contributed by atoms with van der Waals surface area (Å²) in [5.41, 5.74) is 2.63. The van der Waals surface area contributed by atoms with E-state index in [0.717, 1.165) is 16.0 Å². The number of oxazole rings is 1. The topological polar surface area (TPSA) is 72.2 Å². The van der Waals surface area contributed by atoms with Crippen molar-refractivity contribution in [2.24, 2.45) is 0 Å². The molecule has 0 spiro atoms. The van der Waals surface area contributed by atoms with E-state index in [1.165, 1.54) is 0 Å². The molecule has 0 aliphatic heterocycles. The highest BCUT2D eigenvalue weighted by Crippen LogP contribution is 2.23. The van der Waals surface area contributed by atoms with E-state index in [9.17, 15) is 9.00 Å². The first-order valence-electron chi connectivity index (χ1n) is 8.18. The number of carbonyl (C=O) groups is 1. The van der Waals surface area contributed by atoms with Gasteiger partial charge in [-0.05, 0) is 37.4 Å². The van der Waals surface area contributed by atoms with Gasteiger partial charge in [0.15, 0.2) is 0 Å². The molecule has 3 aromatic rings. The van der Waals surface area contributed by atoms with Crippen LogP contribution in [0.5, 0.6) is 0 Å². The maximum absolute atomic E-state index is 12.3. The van der Waals surface area contributed by atoms with Crippen molar-refractivity contribution in [2.45, 2.75) is 26.1 Å². The highest BCUT2D eigenvalue weighted by atomic mass is 32.2. The molecule has 0 bridgehead atoms. The van der Waals surface area contributed by atoms with Gasteiger partial charge in [-0.2, -0.15) is 0 Å². The fraction of sp³-hybridized carbons (Fsp3) is 0.263. The third kappa shape index (κ3) is 4.89. The number of nitrogens with zero attached hydrogens (tertiary/aromatic N) is 1. The van der Waals surface area contributed by atoms with Crippen molar-refractivity contribution < 1.29 is 13.4 Å². The zero-order valence-corrected chi connectivity index (χ0v) is 16.3. The molecule has 0 aliphatic rings. The normalized spacial score (nSPS) is 12.1. The van der Waals surface area contributed by atoms with Gasteiger partial charge in [-0.3, -0.25) is 9.00 Å². The number of thiophene rings is 1. The number of aromatic nitrogens is 1. The maximum Gasteiger partial charge on any atom is 0.232 e. The van der Waals surface area contributed by atoms with Crippen LogP contribution in [0.25, 0.3) is 11.5 Å². The zero-order chi connectivity index (χ0) is 18.5. The van der Waals surface area contributed by atoms with Crippen LogP contribution in [0.1, 0.15) is 21.9 Å². The Bertz CT molecular complexity index is 917. The van der Waals surface area contributed by atoms with Gasteiger partial charge in [0.05, 0.1) is 18.0 Å². The van der Waals surface area contributed by atoms with Crippen molar-refractivity contribution in [3.63, 3.8) is 0 Å². The summed E-state index contributed by atoms with van der Waals surface area (Å²) in [6.45, 7) is 4.27. The molecule has 1 amide bonds. The Hall–Kier alpha value is -2.25. The lowest BCUT2D eigenvalue weighted by atomic mass is 10.1. The molecule has 1 aromatic carbocycles. The molecule has 0 unspecified atom stereocenters. The van der Waals surface area contributed by atoms with E-state index in [1.54, 1.807) is 18.3 Å². The van der Waals surface area contributed by atoms with Crippen molar-refractivity contribution in [3.05, 3.63) is 63.7 Å². The van der Waals surface area contributed by atoms with E-state index in [1.807, 2.05) is 48.7 Å². The molecule has 2 heterocycles. The minimum absolute atomic E-state index is 0.0442. The second kappa shape index (κ2) is 8.42. The molecule has 7 heteroatoms. The Balaban J connectivity index is 1.58. The van der Waals surface area contributed by atoms with Gasteiger partial charge in [-0.1, -0.05) is 23.8 Å². The van der Waals surface area contributed by atoms with Crippen LogP contribution in [-0.4, -0.2) is 20.9 Å². The molecule has 3 rings (SSSR count). The van der Waals surface area contributed by atoms with E-state index in [4.69, 9.17) is 4.42 Å². The molecule has 0 saturated heterocycles. The Morgan fingerprint density at radius 3 is 2.85 bits per heavy atom. The van der Waals surface area contributed by atoms with Crippen LogP contribution in [0.4, 0.5) is 0 Å². The Morgan fingerprint density at radius 1 is 1.27 bits per heavy atom. The van der Waals surface area contributed by atoms with Gasteiger partial charge < -0.3 is 9.73 Å². The van der Waals surface area contributed by atoms with Crippen molar-refractivity contribution in [3.8, 4) is 11.5 Å². The van der Waals surface area contributed by atoms with Crippen LogP contribution in [0, 0.1) is 13.8 Å². The molecule has 136 valence electrons. The SMILES string of the molecule is Cc1cccc(-c2nc(C[S@](=O)CC(=O)NCc3cccs3)c(C)o2)c1. The number of benzene rings is 1. The lowest BCUT2D eigenvalue weighted by molar-refractivity contribution is -0.118. The largest absolute Gasteiger partial charge is 0.441 e. The quantitative estimate of drug-likeness (QED) is 0.671. The number of hydrogen-bond acceptors (Lipinski definition) is 5. The average Bonchev–Trinajstić information content (AvgIpc) is 3.23. The van der Waals surface area contributed by atoms with Crippen molar-refractivity contribution in [2.75, 3.05) is 5.75 Å². The van der Waals surface area contributed by atoms with Gasteiger partial charge in [0.2, 0.25) is 11.8 Å². The third-order valence-electron chi connectivity index (χ3n) is 3.79. The van der Waals surface area contributed by atoms with E-state index in [0.29, 0.717) is 23.9 Å². The Morgan fingerprint density at radius 2 is 2.12 bits per heavy atom. The second-order valence-corrected chi connectivity index (χ2v) is 8.47. The fourth-order valence-electron chi connectivity index (χ4n) is 2.46. The lowest BCUT2D eigenvalue weighted by Crippen LogP contribution is -2.28. The number of hydrogen-bond donors (Lipinski definition) is 1. The van der Waals surface area contributed by atoms with Gasteiger partial charge in [-0.15, -0.1) is 11.3 Å². The standard InChI is InChI=1S/C19H20N2O3S2/c1-13-5-3-6-15(9-13)19-21-17(14(2)24-19)11-26(23)12-18(22)20-10-16-7-4-8-25-16/h3-9H,10-12H2,1-2H3,(H,20,22)/t26-/m0/s1. The smallest absolute Gasteiger partial charge is 0.232 e. The van der Waals surface area contributed by atoms with Crippen LogP contribution in [-0.2, 0) is 27.9 Å². The second-order valence-electron chi connectivity index (χ2n) is 5.98. The van der Waals surface area contributed by atoms with Crippen LogP contribution >= 0.6 is 11.3 Å². The molecule has 5 nitrogen and oxygen atoms in total. The summed E-state index contributed by atoms with van der Waals surface area (Å²) in [5.74, 6) is 1.08. The number of amides is 1. The van der Waals surface area contributed by atoms with Gasteiger partial charge in [-0.25, -0.2) is 4.98 Å². The minimum Gasteiger partial charge on any atom is -0.441 e. The fourth-order valence-corrected chi connectivity index (χ4v) is 4.18. The molecule has 26 heavy (non-hydrogen) atoms. The van der Waals surface area contributed by atoms with Crippen molar-refractivity contribution in [1.29, 1.82) is 0 Å². The zero-order valence-electron chi connectivity index (χ0n) is 14.7. The number of aryl methyl sites for hydroxylation is 2. The lowest BCUT2D eigenvalue weighted by Gasteiger charge is -2.03. The van der Waals surface area contributed by atoms with E-state index < -0.39 is 10.8 Å². The molecule has 2 aromatic heterocycles. The van der Waals surface area contributed by atoms with Gasteiger partial charge in [0.25, 0.3) is 0 Å². The third-order valence-corrected chi connectivity index (χ3v) is 5.84. The summed E-state index contributed by atoms with van der Waals surface area (Å²) in [6, 6.07) is 11.8. The van der Waals surface area contributed by atoms with Crippen LogP contribution in [0.2, 0.25) is 0 Å². The summed E-state index contributed by atoms with van der Waals surface area (Å²) in [5, 5.41) is 4.75.